The minimum atomic E-state index is -3.24. The van der Waals surface area contributed by atoms with E-state index in [0.717, 1.165) is 0 Å². The zero-order chi connectivity index (χ0) is 9.90. The lowest BCUT2D eigenvalue weighted by Gasteiger charge is -2.16. The largest absolute Gasteiger partial charge is 0.271 e. The number of anilines is 1. The molecule has 0 aliphatic carbocycles. The second kappa shape index (κ2) is 4.06. The van der Waals surface area contributed by atoms with Crippen molar-refractivity contribution in [3.63, 3.8) is 0 Å². The summed E-state index contributed by atoms with van der Waals surface area (Å²) >= 11 is 2.92. The minimum absolute atomic E-state index is 0.0919. The Morgan fingerprint density at radius 2 is 2.31 bits per heavy atom. The molecular formula is C7H9BrN2O2S. The van der Waals surface area contributed by atoms with Crippen LogP contribution in [0.15, 0.2) is 24.5 Å². The van der Waals surface area contributed by atoms with Gasteiger partial charge >= 0.3 is 0 Å². The predicted octanol–water partition coefficient (Wildman–Crippen LogP) is 1.20. The third kappa shape index (κ3) is 2.41. The van der Waals surface area contributed by atoms with Gasteiger partial charge in [0.2, 0.25) is 10.0 Å². The van der Waals surface area contributed by atoms with Crippen molar-refractivity contribution in [2.45, 2.75) is 0 Å². The van der Waals surface area contributed by atoms with E-state index in [1.54, 1.807) is 18.3 Å². The summed E-state index contributed by atoms with van der Waals surface area (Å²) in [7, 11) is -1.75. The molecule has 0 amide bonds. The number of nitrogens with zero attached hydrogens (tertiary/aromatic N) is 2. The number of alkyl halides is 1. The molecule has 0 saturated carbocycles. The standard InChI is InChI=1S/C7H9BrN2O2S/c1-10(13(11,12)6-8)7-3-2-4-9-5-7/h2-5H,6H2,1H3. The zero-order valence-corrected chi connectivity index (χ0v) is 9.42. The summed E-state index contributed by atoms with van der Waals surface area (Å²) in [6.45, 7) is 0. The Hall–Kier alpha value is -0.620. The summed E-state index contributed by atoms with van der Waals surface area (Å²) in [5.41, 5.74) is 0.557. The van der Waals surface area contributed by atoms with Gasteiger partial charge in [-0.1, -0.05) is 15.9 Å². The van der Waals surface area contributed by atoms with Crippen molar-refractivity contribution in [3.8, 4) is 0 Å². The van der Waals surface area contributed by atoms with Crippen molar-refractivity contribution in [2.24, 2.45) is 0 Å². The number of rotatable bonds is 3. The van der Waals surface area contributed by atoms with Crippen LogP contribution in [0.5, 0.6) is 0 Å². The van der Waals surface area contributed by atoms with Crippen molar-refractivity contribution >= 4 is 31.6 Å². The fraction of sp³-hybridized carbons (Fsp3) is 0.286. The van der Waals surface area contributed by atoms with Crippen LogP contribution in [0, 0.1) is 0 Å². The van der Waals surface area contributed by atoms with Crippen molar-refractivity contribution in [1.82, 2.24) is 4.98 Å². The lowest BCUT2D eigenvalue weighted by Crippen LogP contribution is -2.27. The molecule has 0 aliphatic rings. The predicted molar refractivity (Wildman–Crippen MR) is 55.4 cm³/mol. The summed E-state index contributed by atoms with van der Waals surface area (Å²) < 4.78 is 23.8. The van der Waals surface area contributed by atoms with Crippen LogP contribution >= 0.6 is 15.9 Å². The third-order valence-electron chi connectivity index (χ3n) is 1.56. The minimum Gasteiger partial charge on any atom is -0.271 e. The van der Waals surface area contributed by atoms with Gasteiger partial charge in [-0.2, -0.15) is 0 Å². The highest BCUT2D eigenvalue weighted by atomic mass is 79.9. The lowest BCUT2D eigenvalue weighted by atomic mass is 10.4. The Balaban J connectivity index is 2.99. The van der Waals surface area contributed by atoms with Gasteiger partial charge in [0.15, 0.2) is 0 Å². The zero-order valence-electron chi connectivity index (χ0n) is 7.01. The average molecular weight is 265 g/mol. The van der Waals surface area contributed by atoms with Crippen molar-refractivity contribution in [2.75, 3.05) is 16.0 Å². The fourth-order valence-electron chi connectivity index (χ4n) is 0.774. The summed E-state index contributed by atoms with van der Waals surface area (Å²) in [5, 5.41) is 0. The normalized spacial score (nSPS) is 11.2. The van der Waals surface area contributed by atoms with E-state index in [-0.39, 0.29) is 4.66 Å². The maximum absolute atomic E-state index is 11.4. The SMILES string of the molecule is CN(c1cccnc1)S(=O)(=O)CBr. The van der Waals surface area contributed by atoms with Gasteiger partial charge < -0.3 is 0 Å². The number of aromatic nitrogens is 1. The Morgan fingerprint density at radius 1 is 1.62 bits per heavy atom. The topological polar surface area (TPSA) is 50.3 Å². The first-order valence-corrected chi connectivity index (χ1v) is 6.23. The van der Waals surface area contributed by atoms with Gasteiger partial charge in [0.1, 0.15) is 4.66 Å². The van der Waals surface area contributed by atoms with E-state index >= 15 is 0 Å². The molecule has 0 N–H and O–H groups in total. The van der Waals surface area contributed by atoms with Gasteiger partial charge in [0.05, 0.1) is 11.9 Å². The van der Waals surface area contributed by atoms with E-state index < -0.39 is 10.0 Å². The summed E-state index contributed by atoms with van der Waals surface area (Å²) in [5.74, 6) is 0. The van der Waals surface area contributed by atoms with Gasteiger partial charge in [-0.3, -0.25) is 9.29 Å². The van der Waals surface area contributed by atoms with Gasteiger partial charge in [-0.25, -0.2) is 8.42 Å². The van der Waals surface area contributed by atoms with Crippen LogP contribution in [0.1, 0.15) is 0 Å². The van der Waals surface area contributed by atoms with Gasteiger partial charge in [0.25, 0.3) is 0 Å². The van der Waals surface area contributed by atoms with E-state index in [9.17, 15) is 8.42 Å². The molecule has 1 aromatic rings. The van der Waals surface area contributed by atoms with E-state index in [2.05, 4.69) is 20.9 Å². The molecule has 13 heavy (non-hydrogen) atoms. The number of halogens is 1. The number of hydrogen-bond acceptors (Lipinski definition) is 3. The van der Waals surface area contributed by atoms with Crippen molar-refractivity contribution < 1.29 is 8.42 Å². The molecule has 0 fully saturated rings. The first kappa shape index (κ1) is 10.5. The maximum atomic E-state index is 11.4. The molecule has 0 saturated heterocycles. The number of hydrogen-bond donors (Lipinski definition) is 0. The molecule has 1 rings (SSSR count). The smallest absolute Gasteiger partial charge is 0.245 e. The Morgan fingerprint density at radius 3 is 2.77 bits per heavy atom. The van der Waals surface area contributed by atoms with Crippen LogP contribution in [0.25, 0.3) is 0 Å². The molecule has 1 aromatic heterocycles. The first-order valence-electron chi connectivity index (χ1n) is 3.50. The van der Waals surface area contributed by atoms with Crippen molar-refractivity contribution in [1.29, 1.82) is 0 Å². The summed E-state index contributed by atoms with van der Waals surface area (Å²) in [4.78, 5) is 3.83. The van der Waals surface area contributed by atoms with E-state index in [0.29, 0.717) is 5.69 Å². The highest BCUT2D eigenvalue weighted by Crippen LogP contribution is 2.14. The molecular weight excluding hydrogens is 256 g/mol. The average Bonchev–Trinajstić information content (AvgIpc) is 2.18. The third-order valence-corrected chi connectivity index (χ3v) is 4.62. The highest BCUT2D eigenvalue weighted by Gasteiger charge is 2.15. The molecule has 0 atom stereocenters. The molecule has 0 aliphatic heterocycles. The van der Waals surface area contributed by atoms with Gasteiger partial charge in [-0.15, -0.1) is 0 Å². The molecule has 1 heterocycles. The van der Waals surface area contributed by atoms with Gasteiger partial charge in [-0.05, 0) is 12.1 Å². The lowest BCUT2D eigenvalue weighted by molar-refractivity contribution is 0.599. The van der Waals surface area contributed by atoms with Crippen LogP contribution in [0.4, 0.5) is 5.69 Å². The molecule has 72 valence electrons. The van der Waals surface area contributed by atoms with E-state index in [1.165, 1.54) is 17.5 Å². The van der Waals surface area contributed by atoms with E-state index in [1.807, 2.05) is 0 Å². The number of sulfonamides is 1. The quantitative estimate of drug-likeness (QED) is 0.771. The van der Waals surface area contributed by atoms with Crippen LogP contribution in [0.2, 0.25) is 0 Å². The number of pyridine rings is 1. The van der Waals surface area contributed by atoms with Crippen LogP contribution in [-0.4, -0.2) is 25.1 Å². The molecule has 0 spiro atoms. The summed E-state index contributed by atoms with van der Waals surface area (Å²) in [6.07, 6.45) is 3.10. The Kier molecular flexibility index (Phi) is 3.27. The van der Waals surface area contributed by atoms with Crippen LogP contribution in [0.3, 0.4) is 0 Å². The summed E-state index contributed by atoms with van der Waals surface area (Å²) in [6, 6.07) is 3.38. The highest BCUT2D eigenvalue weighted by molar-refractivity contribution is 9.10. The first-order chi connectivity index (χ1) is 6.08. The molecule has 0 bridgehead atoms. The molecule has 0 aromatic carbocycles. The fourth-order valence-corrected chi connectivity index (χ4v) is 2.27. The molecule has 4 nitrogen and oxygen atoms in total. The second-order valence-electron chi connectivity index (χ2n) is 2.40. The van der Waals surface area contributed by atoms with Crippen LogP contribution in [-0.2, 0) is 10.0 Å². The molecule has 0 radical (unpaired) electrons. The van der Waals surface area contributed by atoms with E-state index in [4.69, 9.17) is 0 Å². The molecule has 6 heteroatoms. The van der Waals surface area contributed by atoms with Crippen LogP contribution < -0.4 is 4.31 Å². The van der Waals surface area contributed by atoms with Crippen molar-refractivity contribution in [3.05, 3.63) is 24.5 Å². The monoisotopic (exact) mass is 264 g/mol. The van der Waals surface area contributed by atoms with Gasteiger partial charge in [0, 0.05) is 13.2 Å². The Bertz CT molecular complexity index is 365. The molecule has 0 unspecified atom stereocenters. The second-order valence-corrected chi connectivity index (χ2v) is 5.70. The maximum Gasteiger partial charge on any atom is 0.245 e. The Labute approximate surface area is 85.8 Å².